The summed E-state index contributed by atoms with van der Waals surface area (Å²) in [4.78, 5) is 15.8. The zero-order valence-corrected chi connectivity index (χ0v) is 10.6. The molecule has 2 aromatic rings. The number of nitrogen functional groups attached to an aromatic ring is 1. The molecule has 88 valence electrons. The highest BCUT2D eigenvalue weighted by molar-refractivity contribution is 9.10. The molecule has 2 aromatic heterocycles. The smallest absolute Gasteiger partial charge is 0.292 e. The van der Waals surface area contributed by atoms with Crippen LogP contribution in [0.15, 0.2) is 33.5 Å². The van der Waals surface area contributed by atoms with Crippen LogP contribution in [-0.4, -0.2) is 10.9 Å². The van der Waals surface area contributed by atoms with Crippen LogP contribution in [0, 0.1) is 6.92 Å². The number of anilines is 2. The third-order valence-electron chi connectivity index (χ3n) is 2.13. The molecule has 0 saturated carbocycles. The molecular weight excluding hydrogens is 286 g/mol. The van der Waals surface area contributed by atoms with Crippen molar-refractivity contribution in [2.75, 3.05) is 11.1 Å². The topological polar surface area (TPSA) is 81.1 Å². The summed E-state index contributed by atoms with van der Waals surface area (Å²) in [5, 5.41) is 2.65. The Morgan fingerprint density at radius 2 is 2.29 bits per heavy atom. The molecule has 5 nitrogen and oxygen atoms in total. The normalized spacial score (nSPS) is 10.2. The Morgan fingerprint density at radius 1 is 1.53 bits per heavy atom. The summed E-state index contributed by atoms with van der Waals surface area (Å²) in [7, 11) is 0. The number of rotatable bonds is 2. The van der Waals surface area contributed by atoms with E-state index >= 15 is 0 Å². The lowest BCUT2D eigenvalue weighted by Crippen LogP contribution is -2.13. The molecule has 0 saturated heterocycles. The molecule has 2 heterocycles. The summed E-state index contributed by atoms with van der Waals surface area (Å²) in [6, 6.07) is 4.96. The van der Waals surface area contributed by atoms with Crippen LogP contribution >= 0.6 is 15.9 Å². The van der Waals surface area contributed by atoms with E-state index in [9.17, 15) is 4.79 Å². The van der Waals surface area contributed by atoms with Crippen LogP contribution < -0.4 is 11.1 Å². The largest absolute Gasteiger partial charge is 0.444 e. The van der Waals surface area contributed by atoms with Gasteiger partial charge in [-0.05, 0) is 46.6 Å². The first-order valence-corrected chi connectivity index (χ1v) is 5.64. The summed E-state index contributed by atoms with van der Waals surface area (Å²) in [6.07, 6.45) is 1.49. The Balaban J connectivity index is 2.18. The monoisotopic (exact) mass is 295 g/mol. The van der Waals surface area contributed by atoms with E-state index in [1.165, 1.54) is 6.20 Å². The summed E-state index contributed by atoms with van der Waals surface area (Å²) >= 11 is 3.13. The first kappa shape index (κ1) is 11.7. The van der Waals surface area contributed by atoms with Gasteiger partial charge in [0.25, 0.3) is 5.91 Å². The number of nitrogens with zero attached hydrogens (tertiary/aromatic N) is 1. The van der Waals surface area contributed by atoms with Gasteiger partial charge >= 0.3 is 0 Å². The third kappa shape index (κ3) is 2.65. The van der Waals surface area contributed by atoms with E-state index in [-0.39, 0.29) is 11.7 Å². The summed E-state index contributed by atoms with van der Waals surface area (Å²) in [5.74, 6) is 0.336. The van der Waals surface area contributed by atoms with Crippen molar-refractivity contribution < 1.29 is 9.21 Å². The van der Waals surface area contributed by atoms with E-state index in [1.54, 1.807) is 18.2 Å². The molecule has 0 aliphatic carbocycles. The molecule has 17 heavy (non-hydrogen) atoms. The first-order chi connectivity index (χ1) is 8.06. The number of nitrogens with one attached hydrogen (secondary N) is 1. The van der Waals surface area contributed by atoms with E-state index < -0.39 is 0 Å². The lowest BCUT2D eigenvalue weighted by atomic mass is 10.2. The highest BCUT2D eigenvalue weighted by Crippen LogP contribution is 2.17. The maximum absolute atomic E-state index is 11.8. The molecule has 2 rings (SSSR count). The molecule has 3 N–H and O–H groups in total. The van der Waals surface area contributed by atoms with E-state index in [2.05, 4.69) is 26.2 Å². The van der Waals surface area contributed by atoms with Crippen molar-refractivity contribution in [1.29, 1.82) is 0 Å². The second-order valence-electron chi connectivity index (χ2n) is 3.49. The van der Waals surface area contributed by atoms with Crippen molar-refractivity contribution in [3.8, 4) is 0 Å². The Morgan fingerprint density at radius 3 is 2.88 bits per heavy atom. The lowest BCUT2D eigenvalue weighted by molar-refractivity contribution is 0.0995. The fraction of sp³-hybridized carbons (Fsp3) is 0.0909. The Kier molecular flexibility index (Phi) is 3.14. The average molecular weight is 296 g/mol. The Labute approximate surface area is 106 Å². The molecular formula is C11H10BrN3O2. The number of hydrogen-bond donors (Lipinski definition) is 2. The highest BCUT2D eigenvalue weighted by atomic mass is 79.9. The van der Waals surface area contributed by atoms with Crippen LogP contribution in [0.25, 0.3) is 0 Å². The van der Waals surface area contributed by atoms with E-state index in [0.29, 0.717) is 16.2 Å². The molecule has 0 bridgehead atoms. The van der Waals surface area contributed by atoms with Gasteiger partial charge in [0.2, 0.25) is 0 Å². The van der Waals surface area contributed by atoms with Gasteiger partial charge in [0.15, 0.2) is 10.4 Å². The minimum Gasteiger partial charge on any atom is -0.444 e. The first-order valence-electron chi connectivity index (χ1n) is 4.85. The molecule has 0 aromatic carbocycles. The number of amides is 1. The molecule has 6 heteroatoms. The van der Waals surface area contributed by atoms with Crippen molar-refractivity contribution in [3.05, 3.63) is 40.4 Å². The molecule has 0 aliphatic rings. The van der Waals surface area contributed by atoms with Crippen molar-refractivity contribution in [3.63, 3.8) is 0 Å². The average Bonchev–Trinajstić information content (AvgIpc) is 2.69. The zero-order chi connectivity index (χ0) is 12.4. The number of carbonyl (C=O) groups excluding carboxylic acids is 1. The van der Waals surface area contributed by atoms with Gasteiger partial charge in [-0.3, -0.25) is 4.79 Å². The van der Waals surface area contributed by atoms with Gasteiger partial charge in [-0.2, -0.15) is 0 Å². The van der Waals surface area contributed by atoms with Crippen LogP contribution in [0.2, 0.25) is 0 Å². The predicted octanol–water partition coefficient (Wildman–Crippen LogP) is 2.58. The van der Waals surface area contributed by atoms with Crippen molar-refractivity contribution in [2.45, 2.75) is 6.92 Å². The van der Waals surface area contributed by atoms with Gasteiger partial charge < -0.3 is 15.5 Å². The summed E-state index contributed by atoms with van der Waals surface area (Å²) in [6.45, 7) is 1.82. The van der Waals surface area contributed by atoms with Gasteiger partial charge in [-0.15, -0.1) is 0 Å². The number of hydrogen-bond acceptors (Lipinski definition) is 4. The van der Waals surface area contributed by atoms with Gasteiger partial charge in [0.05, 0.1) is 11.9 Å². The number of aromatic nitrogens is 1. The molecule has 0 aliphatic heterocycles. The van der Waals surface area contributed by atoms with Crippen molar-refractivity contribution in [2.24, 2.45) is 0 Å². The number of aryl methyl sites for hydroxylation is 1. The molecule has 0 spiro atoms. The fourth-order valence-electron chi connectivity index (χ4n) is 1.33. The summed E-state index contributed by atoms with van der Waals surface area (Å²) in [5.41, 5.74) is 6.92. The molecule has 0 atom stereocenters. The number of pyridine rings is 1. The van der Waals surface area contributed by atoms with Crippen LogP contribution in [0.4, 0.5) is 11.5 Å². The SMILES string of the molecule is Cc1cc(N)cnc1NC(=O)c1ccc(Br)o1. The maximum Gasteiger partial charge on any atom is 0.292 e. The number of carbonyl (C=O) groups is 1. The molecule has 1 amide bonds. The van der Waals surface area contributed by atoms with E-state index in [4.69, 9.17) is 10.2 Å². The number of nitrogens with two attached hydrogens (primary N) is 1. The predicted molar refractivity (Wildman–Crippen MR) is 67.7 cm³/mol. The van der Waals surface area contributed by atoms with Gasteiger partial charge in [0, 0.05) is 0 Å². The van der Waals surface area contributed by atoms with Gasteiger partial charge in [-0.25, -0.2) is 4.98 Å². The van der Waals surface area contributed by atoms with Crippen molar-refractivity contribution in [1.82, 2.24) is 4.98 Å². The number of halogens is 1. The van der Waals surface area contributed by atoms with Crippen LogP contribution in [-0.2, 0) is 0 Å². The van der Waals surface area contributed by atoms with Gasteiger partial charge in [-0.1, -0.05) is 0 Å². The lowest BCUT2D eigenvalue weighted by Gasteiger charge is -2.06. The van der Waals surface area contributed by atoms with E-state index in [1.807, 2.05) is 6.92 Å². The van der Waals surface area contributed by atoms with Crippen LogP contribution in [0.3, 0.4) is 0 Å². The number of furan rings is 1. The third-order valence-corrected chi connectivity index (χ3v) is 2.55. The van der Waals surface area contributed by atoms with E-state index in [0.717, 1.165) is 5.56 Å². The highest BCUT2D eigenvalue weighted by Gasteiger charge is 2.12. The van der Waals surface area contributed by atoms with Crippen LogP contribution in [0.1, 0.15) is 16.1 Å². The minimum atomic E-state index is -0.351. The maximum atomic E-state index is 11.8. The van der Waals surface area contributed by atoms with Crippen LogP contribution in [0.5, 0.6) is 0 Å². The van der Waals surface area contributed by atoms with Crippen molar-refractivity contribution >= 4 is 33.3 Å². The fourth-order valence-corrected chi connectivity index (χ4v) is 1.64. The minimum absolute atomic E-state index is 0.218. The second-order valence-corrected chi connectivity index (χ2v) is 4.27. The molecule has 0 unspecified atom stereocenters. The molecule has 0 fully saturated rings. The second kappa shape index (κ2) is 4.58. The Hall–Kier alpha value is -1.82. The summed E-state index contributed by atoms with van der Waals surface area (Å²) < 4.78 is 5.64. The quantitative estimate of drug-likeness (QED) is 0.892. The zero-order valence-electron chi connectivity index (χ0n) is 9.03. The van der Waals surface area contributed by atoms with Gasteiger partial charge in [0.1, 0.15) is 5.82 Å². The Bertz CT molecular complexity index is 566. The standard InChI is InChI=1S/C11H10BrN3O2/c1-6-4-7(13)5-14-10(6)15-11(16)8-2-3-9(12)17-8/h2-5H,13H2,1H3,(H,14,15,16). The molecule has 0 radical (unpaired) electrons.